The van der Waals surface area contributed by atoms with Crippen LogP contribution >= 0.6 is 0 Å². The van der Waals surface area contributed by atoms with Crippen LogP contribution in [0.5, 0.6) is 0 Å². The molecule has 1 heterocycles. The maximum atomic E-state index is 12.0. The van der Waals surface area contributed by atoms with Gasteiger partial charge < -0.3 is 15.3 Å². The van der Waals surface area contributed by atoms with Gasteiger partial charge in [0, 0.05) is 19.1 Å². The van der Waals surface area contributed by atoms with Crippen molar-refractivity contribution in [2.24, 2.45) is 5.92 Å². The summed E-state index contributed by atoms with van der Waals surface area (Å²) in [7, 11) is 0. The van der Waals surface area contributed by atoms with Gasteiger partial charge in [-0.3, -0.25) is 0 Å². The molecule has 4 heteroatoms. The first-order chi connectivity index (χ1) is 8.16. The van der Waals surface area contributed by atoms with Gasteiger partial charge in [0.25, 0.3) is 0 Å². The number of nitrogens with one attached hydrogen (secondary N) is 1. The third-order valence-electron chi connectivity index (χ3n) is 3.84. The summed E-state index contributed by atoms with van der Waals surface area (Å²) in [5, 5.41) is 12.6. The third kappa shape index (κ3) is 3.22. The topological polar surface area (TPSA) is 52.6 Å². The van der Waals surface area contributed by atoms with Gasteiger partial charge in [0.2, 0.25) is 0 Å². The Morgan fingerprint density at radius 3 is 2.47 bits per heavy atom. The molecule has 0 bridgehead atoms. The first kappa shape index (κ1) is 12.4. The Morgan fingerprint density at radius 2 is 1.94 bits per heavy atom. The molecule has 2 aliphatic rings. The molecule has 0 aromatic carbocycles. The second-order valence-electron chi connectivity index (χ2n) is 5.15. The van der Waals surface area contributed by atoms with Crippen LogP contribution in [0.4, 0.5) is 4.79 Å². The lowest BCUT2D eigenvalue weighted by atomic mass is 9.92. The molecule has 1 unspecified atom stereocenters. The number of likely N-dealkylation sites (tertiary alicyclic amines) is 1. The maximum Gasteiger partial charge on any atom is 0.317 e. The van der Waals surface area contributed by atoms with Gasteiger partial charge in [0.1, 0.15) is 0 Å². The van der Waals surface area contributed by atoms with Crippen LogP contribution in [-0.2, 0) is 0 Å². The normalized spacial score (nSPS) is 24.0. The second-order valence-corrected chi connectivity index (χ2v) is 5.15. The van der Waals surface area contributed by atoms with Crippen molar-refractivity contribution >= 4 is 6.03 Å². The Kier molecular flexibility index (Phi) is 4.05. The number of aliphatic hydroxyl groups is 1. The SMILES string of the molecule is CC(O)C1CCN(C(=O)NC2CC=CC2)CC1. The molecule has 1 aliphatic heterocycles. The highest BCUT2D eigenvalue weighted by molar-refractivity contribution is 5.74. The number of rotatable bonds is 2. The van der Waals surface area contributed by atoms with E-state index in [1.807, 2.05) is 11.8 Å². The lowest BCUT2D eigenvalue weighted by molar-refractivity contribution is 0.0794. The van der Waals surface area contributed by atoms with Crippen LogP contribution in [0.1, 0.15) is 32.6 Å². The molecule has 2 rings (SSSR count). The highest BCUT2D eigenvalue weighted by atomic mass is 16.3. The Bertz CT molecular complexity index is 286. The molecular formula is C13H22N2O2. The minimum Gasteiger partial charge on any atom is -0.393 e. The Labute approximate surface area is 103 Å². The van der Waals surface area contributed by atoms with E-state index < -0.39 is 0 Å². The van der Waals surface area contributed by atoms with Crippen molar-refractivity contribution < 1.29 is 9.90 Å². The van der Waals surface area contributed by atoms with Gasteiger partial charge in [-0.2, -0.15) is 0 Å². The summed E-state index contributed by atoms with van der Waals surface area (Å²) in [6.07, 6.45) is 7.71. The predicted octanol–water partition coefficient (Wildman–Crippen LogP) is 1.51. The van der Waals surface area contributed by atoms with E-state index in [4.69, 9.17) is 0 Å². The lowest BCUT2D eigenvalue weighted by Crippen LogP contribution is -2.48. The minimum atomic E-state index is -0.251. The monoisotopic (exact) mass is 238 g/mol. The number of carbonyl (C=O) groups is 1. The number of amides is 2. The molecule has 2 amide bonds. The molecule has 17 heavy (non-hydrogen) atoms. The van der Waals surface area contributed by atoms with Gasteiger partial charge in [0.15, 0.2) is 0 Å². The minimum absolute atomic E-state index is 0.0581. The smallest absolute Gasteiger partial charge is 0.317 e. The van der Waals surface area contributed by atoms with E-state index in [1.54, 1.807) is 0 Å². The van der Waals surface area contributed by atoms with Gasteiger partial charge in [-0.15, -0.1) is 0 Å². The van der Waals surface area contributed by atoms with Crippen LogP contribution in [0.3, 0.4) is 0 Å². The molecule has 1 atom stereocenters. The average molecular weight is 238 g/mol. The molecule has 0 aromatic rings. The molecule has 0 radical (unpaired) electrons. The van der Waals surface area contributed by atoms with E-state index in [0.717, 1.165) is 38.8 Å². The van der Waals surface area contributed by atoms with Crippen LogP contribution in [0.25, 0.3) is 0 Å². The molecule has 4 nitrogen and oxygen atoms in total. The van der Waals surface area contributed by atoms with Crippen molar-refractivity contribution in [3.05, 3.63) is 12.2 Å². The number of nitrogens with zero attached hydrogens (tertiary/aromatic N) is 1. The molecular weight excluding hydrogens is 216 g/mol. The fourth-order valence-corrected chi connectivity index (χ4v) is 2.59. The van der Waals surface area contributed by atoms with E-state index in [0.29, 0.717) is 5.92 Å². The number of aliphatic hydroxyl groups excluding tert-OH is 1. The highest BCUT2D eigenvalue weighted by Gasteiger charge is 2.26. The van der Waals surface area contributed by atoms with E-state index in [2.05, 4.69) is 17.5 Å². The summed E-state index contributed by atoms with van der Waals surface area (Å²) in [5.41, 5.74) is 0. The quantitative estimate of drug-likeness (QED) is 0.716. The van der Waals surface area contributed by atoms with Gasteiger partial charge in [-0.1, -0.05) is 12.2 Å². The first-order valence-electron chi connectivity index (χ1n) is 6.55. The van der Waals surface area contributed by atoms with Crippen molar-refractivity contribution in [1.29, 1.82) is 0 Å². The molecule has 96 valence electrons. The number of carbonyl (C=O) groups excluding carboxylic acids is 1. The number of urea groups is 1. The summed E-state index contributed by atoms with van der Waals surface area (Å²) in [6, 6.07) is 0.347. The zero-order chi connectivity index (χ0) is 12.3. The predicted molar refractivity (Wildman–Crippen MR) is 66.7 cm³/mol. The molecule has 1 fully saturated rings. The molecule has 0 aromatic heterocycles. The van der Waals surface area contributed by atoms with Gasteiger partial charge in [0.05, 0.1) is 6.10 Å². The van der Waals surface area contributed by atoms with E-state index in [1.165, 1.54) is 0 Å². The van der Waals surface area contributed by atoms with Crippen molar-refractivity contribution in [3.63, 3.8) is 0 Å². The van der Waals surface area contributed by atoms with Crippen molar-refractivity contribution in [2.45, 2.75) is 44.8 Å². The number of hydrogen-bond acceptors (Lipinski definition) is 2. The van der Waals surface area contributed by atoms with Crippen LogP contribution in [0.2, 0.25) is 0 Å². The van der Waals surface area contributed by atoms with Crippen LogP contribution in [0, 0.1) is 5.92 Å². The Morgan fingerprint density at radius 1 is 1.35 bits per heavy atom. The van der Waals surface area contributed by atoms with E-state index >= 15 is 0 Å². The summed E-state index contributed by atoms with van der Waals surface area (Å²) >= 11 is 0. The van der Waals surface area contributed by atoms with Crippen molar-refractivity contribution in [1.82, 2.24) is 10.2 Å². The number of piperidine rings is 1. The highest BCUT2D eigenvalue weighted by Crippen LogP contribution is 2.20. The zero-order valence-corrected chi connectivity index (χ0v) is 10.4. The fourth-order valence-electron chi connectivity index (χ4n) is 2.59. The van der Waals surface area contributed by atoms with Crippen LogP contribution < -0.4 is 5.32 Å². The maximum absolute atomic E-state index is 12.0. The summed E-state index contributed by atoms with van der Waals surface area (Å²) in [6.45, 7) is 3.37. The van der Waals surface area contributed by atoms with Crippen LogP contribution in [-0.4, -0.2) is 41.3 Å². The number of hydrogen-bond donors (Lipinski definition) is 2. The molecule has 1 saturated heterocycles. The first-order valence-corrected chi connectivity index (χ1v) is 6.55. The second kappa shape index (κ2) is 5.54. The molecule has 0 saturated carbocycles. The fraction of sp³-hybridized carbons (Fsp3) is 0.769. The van der Waals surface area contributed by atoms with E-state index in [9.17, 15) is 9.90 Å². The largest absolute Gasteiger partial charge is 0.393 e. The van der Waals surface area contributed by atoms with Gasteiger partial charge in [-0.05, 0) is 38.5 Å². The van der Waals surface area contributed by atoms with Crippen LogP contribution in [0.15, 0.2) is 12.2 Å². The average Bonchev–Trinajstić information content (AvgIpc) is 2.82. The molecule has 0 spiro atoms. The summed E-state index contributed by atoms with van der Waals surface area (Å²) < 4.78 is 0. The van der Waals surface area contributed by atoms with Gasteiger partial charge in [-0.25, -0.2) is 4.79 Å². The lowest BCUT2D eigenvalue weighted by Gasteiger charge is -2.33. The molecule has 1 aliphatic carbocycles. The Hall–Kier alpha value is -1.03. The van der Waals surface area contributed by atoms with Crippen molar-refractivity contribution in [3.8, 4) is 0 Å². The van der Waals surface area contributed by atoms with E-state index in [-0.39, 0.29) is 18.2 Å². The summed E-state index contributed by atoms with van der Waals surface area (Å²) in [5.74, 6) is 0.354. The molecule has 2 N–H and O–H groups in total. The third-order valence-corrected chi connectivity index (χ3v) is 3.84. The Balaban J connectivity index is 1.74. The van der Waals surface area contributed by atoms with Crippen molar-refractivity contribution in [2.75, 3.05) is 13.1 Å². The van der Waals surface area contributed by atoms with Gasteiger partial charge >= 0.3 is 6.03 Å². The summed E-state index contributed by atoms with van der Waals surface area (Å²) in [4.78, 5) is 13.8. The zero-order valence-electron chi connectivity index (χ0n) is 10.4. The standard InChI is InChI=1S/C13H22N2O2/c1-10(16)11-6-8-15(9-7-11)13(17)14-12-4-2-3-5-12/h2-3,10-12,16H,4-9H2,1H3,(H,14,17).